The zero-order valence-corrected chi connectivity index (χ0v) is 7.30. The lowest BCUT2D eigenvalue weighted by atomic mass is 10.4. The van der Waals surface area contributed by atoms with Crippen LogP contribution in [0, 0.1) is 0 Å². The van der Waals surface area contributed by atoms with E-state index in [-0.39, 0.29) is 0 Å². The Morgan fingerprint density at radius 2 is 2.27 bits per heavy atom. The minimum absolute atomic E-state index is 0.753. The molecule has 0 bridgehead atoms. The Hall–Kier alpha value is -0.840. The molecule has 1 aromatic heterocycles. The Labute approximate surface area is 65.9 Å². The fourth-order valence-electron chi connectivity index (χ4n) is 0.716. The summed E-state index contributed by atoms with van der Waals surface area (Å²) in [7, 11) is -3.19. The van der Waals surface area contributed by atoms with Crippen LogP contribution in [0.2, 0.25) is 0 Å². The number of nitrogens with zero attached hydrogens (tertiary/aromatic N) is 2. The number of hydrogen-bond donors (Lipinski definition) is 0. The molecule has 0 saturated heterocycles. The quantitative estimate of drug-likeness (QED) is 0.646. The summed E-state index contributed by atoms with van der Waals surface area (Å²) in [5.41, 5.74) is 0.787. The van der Waals surface area contributed by atoms with Gasteiger partial charge in [0.1, 0.15) is 0 Å². The second-order valence-corrected chi connectivity index (χ2v) is 4.14. The van der Waals surface area contributed by atoms with Crippen molar-refractivity contribution in [1.29, 1.82) is 0 Å². The lowest BCUT2D eigenvalue weighted by Crippen LogP contribution is -2.10. The van der Waals surface area contributed by atoms with Crippen LogP contribution in [-0.4, -0.2) is 23.9 Å². The van der Waals surface area contributed by atoms with Gasteiger partial charge in [-0.05, 0) is 12.5 Å². The zero-order chi connectivity index (χ0) is 8.48. The first-order valence-corrected chi connectivity index (χ1v) is 5.14. The van der Waals surface area contributed by atoms with Gasteiger partial charge in [0.15, 0.2) is 0 Å². The molecule has 0 atom stereocenters. The minimum atomic E-state index is -3.19. The highest BCUT2D eigenvalue weighted by Crippen LogP contribution is 1.98. The maximum atomic E-state index is 10.9. The normalized spacial score (nSPS) is 11.8. The summed E-state index contributed by atoms with van der Waals surface area (Å²) in [4.78, 5) is 0. The fraction of sp³-hybridized carbons (Fsp3) is 0.500. The molecule has 0 spiro atoms. The third-order valence-corrected chi connectivity index (χ3v) is 2.21. The van der Waals surface area contributed by atoms with E-state index < -0.39 is 10.0 Å². The standard InChI is InChI=1S/C6H10N2O2S/c1-3-6-4-5-8(7-6)11(2,9)10/h4-5H,3H2,1-2H3. The van der Waals surface area contributed by atoms with Gasteiger partial charge in [0.2, 0.25) is 0 Å². The average Bonchev–Trinajstić information content (AvgIpc) is 2.32. The number of rotatable bonds is 2. The van der Waals surface area contributed by atoms with E-state index in [4.69, 9.17) is 0 Å². The van der Waals surface area contributed by atoms with Crippen LogP contribution in [0.25, 0.3) is 0 Å². The second-order valence-electron chi connectivity index (χ2n) is 2.30. The van der Waals surface area contributed by atoms with Crippen LogP contribution in [0.3, 0.4) is 0 Å². The van der Waals surface area contributed by atoms with E-state index in [2.05, 4.69) is 5.10 Å². The maximum Gasteiger partial charge on any atom is 0.250 e. The van der Waals surface area contributed by atoms with Crippen LogP contribution in [0.15, 0.2) is 12.3 Å². The van der Waals surface area contributed by atoms with E-state index in [0.717, 1.165) is 22.5 Å². The number of aromatic nitrogens is 2. The molecule has 5 heteroatoms. The predicted molar refractivity (Wildman–Crippen MR) is 41.8 cm³/mol. The van der Waals surface area contributed by atoms with Gasteiger partial charge in [-0.25, -0.2) is 8.42 Å². The van der Waals surface area contributed by atoms with Crippen LogP contribution in [0.1, 0.15) is 12.6 Å². The van der Waals surface area contributed by atoms with Crippen molar-refractivity contribution < 1.29 is 8.42 Å². The molecule has 4 nitrogen and oxygen atoms in total. The molecule has 0 unspecified atom stereocenters. The molecule has 0 N–H and O–H groups in total. The average molecular weight is 174 g/mol. The fourth-order valence-corrected chi connectivity index (χ4v) is 1.25. The summed E-state index contributed by atoms with van der Waals surface area (Å²) in [6, 6.07) is 1.70. The molecule has 1 rings (SSSR count). The van der Waals surface area contributed by atoms with Crippen molar-refractivity contribution in [2.75, 3.05) is 6.26 Å². The monoisotopic (exact) mass is 174 g/mol. The third-order valence-electron chi connectivity index (χ3n) is 1.32. The van der Waals surface area contributed by atoms with Crippen molar-refractivity contribution in [2.45, 2.75) is 13.3 Å². The second kappa shape index (κ2) is 2.65. The summed E-state index contributed by atoms with van der Waals surface area (Å²) in [5.74, 6) is 0. The first-order valence-electron chi connectivity index (χ1n) is 3.29. The molecule has 11 heavy (non-hydrogen) atoms. The van der Waals surface area contributed by atoms with Gasteiger partial charge >= 0.3 is 0 Å². The number of aryl methyl sites for hydroxylation is 1. The van der Waals surface area contributed by atoms with Gasteiger partial charge in [-0.2, -0.15) is 9.19 Å². The van der Waals surface area contributed by atoms with Gasteiger partial charge in [0.25, 0.3) is 10.0 Å². The maximum absolute atomic E-state index is 10.9. The van der Waals surface area contributed by atoms with Crippen molar-refractivity contribution in [2.24, 2.45) is 0 Å². The summed E-state index contributed by atoms with van der Waals surface area (Å²) in [6.07, 6.45) is 3.33. The Morgan fingerprint density at radius 1 is 1.64 bits per heavy atom. The van der Waals surface area contributed by atoms with E-state index >= 15 is 0 Å². The highest BCUT2D eigenvalue weighted by molar-refractivity contribution is 7.89. The highest BCUT2D eigenvalue weighted by atomic mass is 32.2. The Balaban J connectivity index is 3.09. The molecule has 0 aromatic carbocycles. The molecule has 1 heterocycles. The lowest BCUT2D eigenvalue weighted by Gasteiger charge is -1.94. The Bertz CT molecular complexity index is 339. The van der Waals surface area contributed by atoms with Gasteiger partial charge in [0, 0.05) is 6.20 Å². The molecule has 62 valence electrons. The van der Waals surface area contributed by atoms with Gasteiger partial charge in [-0.15, -0.1) is 0 Å². The molecule has 1 aromatic rings. The van der Waals surface area contributed by atoms with Gasteiger partial charge in [0.05, 0.1) is 11.9 Å². The Kier molecular flexibility index (Phi) is 1.99. The zero-order valence-electron chi connectivity index (χ0n) is 6.48. The molecule has 0 saturated carbocycles. The first-order chi connectivity index (χ1) is 5.04. The van der Waals surface area contributed by atoms with Crippen LogP contribution >= 0.6 is 0 Å². The van der Waals surface area contributed by atoms with Crippen LogP contribution in [0.5, 0.6) is 0 Å². The van der Waals surface area contributed by atoms with E-state index in [1.54, 1.807) is 6.07 Å². The highest BCUT2D eigenvalue weighted by Gasteiger charge is 2.05. The summed E-state index contributed by atoms with van der Waals surface area (Å²) < 4.78 is 22.7. The van der Waals surface area contributed by atoms with Crippen molar-refractivity contribution in [3.05, 3.63) is 18.0 Å². The van der Waals surface area contributed by atoms with Crippen molar-refractivity contribution >= 4 is 10.0 Å². The van der Waals surface area contributed by atoms with Crippen LogP contribution in [0.4, 0.5) is 0 Å². The van der Waals surface area contributed by atoms with Crippen LogP contribution < -0.4 is 0 Å². The van der Waals surface area contributed by atoms with E-state index in [1.165, 1.54) is 6.20 Å². The Morgan fingerprint density at radius 3 is 2.55 bits per heavy atom. The third kappa shape index (κ3) is 1.80. The van der Waals surface area contributed by atoms with E-state index in [0.29, 0.717) is 0 Å². The van der Waals surface area contributed by atoms with E-state index in [9.17, 15) is 8.42 Å². The summed E-state index contributed by atoms with van der Waals surface area (Å²) in [5, 5.41) is 3.83. The molecular formula is C6H10N2O2S. The lowest BCUT2D eigenvalue weighted by molar-refractivity contribution is 0.585. The number of hydrogen-bond acceptors (Lipinski definition) is 3. The molecule has 0 aliphatic heterocycles. The molecule has 0 fully saturated rings. The van der Waals surface area contributed by atoms with Crippen molar-refractivity contribution in [1.82, 2.24) is 9.19 Å². The summed E-state index contributed by atoms with van der Waals surface area (Å²) >= 11 is 0. The predicted octanol–water partition coefficient (Wildman–Crippen LogP) is 0.253. The smallest absolute Gasteiger partial charge is 0.205 e. The molecule has 0 amide bonds. The molecule has 0 aliphatic carbocycles. The van der Waals surface area contributed by atoms with Gasteiger partial charge < -0.3 is 0 Å². The largest absolute Gasteiger partial charge is 0.250 e. The minimum Gasteiger partial charge on any atom is -0.205 e. The van der Waals surface area contributed by atoms with Gasteiger partial charge in [-0.1, -0.05) is 6.92 Å². The van der Waals surface area contributed by atoms with Crippen molar-refractivity contribution in [3.63, 3.8) is 0 Å². The van der Waals surface area contributed by atoms with Crippen LogP contribution in [-0.2, 0) is 16.4 Å². The van der Waals surface area contributed by atoms with Gasteiger partial charge in [-0.3, -0.25) is 0 Å². The van der Waals surface area contributed by atoms with Crippen molar-refractivity contribution in [3.8, 4) is 0 Å². The topological polar surface area (TPSA) is 52.0 Å². The molecular weight excluding hydrogens is 164 g/mol. The first kappa shape index (κ1) is 8.26. The molecule has 0 radical (unpaired) electrons. The van der Waals surface area contributed by atoms with E-state index in [1.807, 2.05) is 6.92 Å². The molecule has 0 aliphatic rings. The SMILES string of the molecule is CCc1ccn(S(C)(=O)=O)n1. The summed E-state index contributed by atoms with van der Waals surface area (Å²) in [6.45, 7) is 1.93.